The summed E-state index contributed by atoms with van der Waals surface area (Å²) in [5.74, 6) is -0.144. The molecular formula is C15H16ClN3O3S. The molecule has 0 radical (unpaired) electrons. The molecule has 0 fully saturated rings. The molecule has 0 spiro atoms. The van der Waals surface area contributed by atoms with Crippen molar-refractivity contribution in [1.82, 2.24) is 10.1 Å². The molecule has 0 heterocycles. The van der Waals surface area contributed by atoms with Gasteiger partial charge in [-0.3, -0.25) is 4.79 Å². The van der Waals surface area contributed by atoms with Crippen LogP contribution >= 0.6 is 11.6 Å². The Kier molecular flexibility index (Phi) is 5.59. The van der Waals surface area contributed by atoms with Crippen molar-refractivity contribution in [3.63, 3.8) is 0 Å². The van der Waals surface area contributed by atoms with Crippen molar-refractivity contribution >= 4 is 33.2 Å². The summed E-state index contributed by atoms with van der Waals surface area (Å²) in [6.07, 6.45) is 0. The third kappa shape index (κ3) is 5.24. The lowest BCUT2D eigenvalue weighted by atomic mass is 10.2. The minimum Gasteiger partial charge on any atom is -0.352 e. The molecule has 0 saturated heterocycles. The van der Waals surface area contributed by atoms with Gasteiger partial charge >= 0.3 is 0 Å². The number of carbonyl (C=O) groups excluding carboxylic acids is 1. The van der Waals surface area contributed by atoms with Crippen LogP contribution in [0.4, 0.5) is 5.69 Å². The molecule has 0 aromatic heterocycles. The van der Waals surface area contributed by atoms with Crippen LogP contribution in [0.1, 0.15) is 12.5 Å². The minimum absolute atomic E-state index is 0.110. The number of amides is 1. The van der Waals surface area contributed by atoms with Crippen LogP contribution in [0.3, 0.4) is 0 Å². The first-order valence-electron chi connectivity index (χ1n) is 6.73. The van der Waals surface area contributed by atoms with Crippen molar-refractivity contribution in [2.24, 2.45) is 0 Å². The number of hydrogen-bond acceptors (Lipinski definition) is 4. The SMILES string of the molecule is CC(=O)NCc1ccc(S(=O)(=O)NNc2cccc(Cl)c2)cc1. The second-order valence-corrected chi connectivity index (χ2v) is 6.91. The van der Waals surface area contributed by atoms with Crippen LogP contribution in [0, 0.1) is 0 Å². The molecular weight excluding hydrogens is 338 g/mol. The lowest BCUT2D eigenvalue weighted by molar-refractivity contribution is -0.119. The molecule has 8 heteroatoms. The van der Waals surface area contributed by atoms with E-state index in [4.69, 9.17) is 11.6 Å². The molecule has 3 N–H and O–H groups in total. The van der Waals surface area contributed by atoms with Crippen molar-refractivity contribution in [3.8, 4) is 0 Å². The Morgan fingerprint density at radius 2 is 1.83 bits per heavy atom. The van der Waals surface area contributed by atoms with Crippen LogP contribution in [0.5, 0.6) is 0 Å². The van der Waals surface area contributed by atoms with E-state index in [0.717, 1.165) is 5.56 Å². The zero-order chi connectivity index (χ0) is 16.9. The third-order valence-corrected chi connectivity index (χ3v) is 4.43. The fourth-order valence-electron chi connectivity index (χ4n) is 1.76. The van der Waals surface area contributed by atoms with Crippen molar-refractivity contribution in [1.29, 1.82) is 0 Å². The maximum Gasteiger partial charge on any atom is 0.257 e. The summed E-state index contributed by atoms with van der Waals surface area (Å²) in [6.45, 7) is 1.77. The zero-order valence-corrected chi connectivity index (χ0v) is 13.9. The van der Waals surface area contributed by atoms with Gasteiger partial charge in [-0.1, -0.05) is 29.8 Å². The molecule has 2 aromatic carbocycles. The largest absolute Gasteiger partial charge is 0.352 e. The van der Waals surface area contributed by atoms with Gasteiger partial charge in [-0.25, -0.2) is 8.42 Å². The highest BCUT2D eigenvalue weighted by molar-refractivity contribution is 7.89. The van der Waals surface area contributed by atoms with Crippen LogP contribution in [0.15, 0.2) is 53.4 Å². The lowest BCUT2D eigenvalue weighted by Gasteiger charge is -2.10. The predicted octanol–water partition coefficient (Wildman–Crippen LogP) is 2.28. The minimum atomic E-state index is -3.71. The number of halogens is 1. The number of rotatable bonds is 6. The van der Waals surface area contributed by atoms with Crippen LogP contribution in [-0.2, 0) is 21.4 Å². The quantitative estimate of drug-likeness (QED) is 0.695. The van der Waals surface area contributed by atoms with Crippen LogP contribution < -0.4 is 15.6 Å². The van der Waals surface area contributed by atoms with Gasteiger partial charge < -0.3 is 10.7 Å². The highest BCUT2D eigenvalue weighted by Crippen LogP contribution is 2.15. The normalized spacial score (nSPS) is 11.0. The van der Waals surface area contributed by atoms with E-state index in [1.807, 2.05) is 0 Å². The van der Waals surface area contributed by atoms with Gasteiger partial charge in [0.25, 0.3) is 10.0 Å². The molecule has 2 rings (SSSR count). The third-order valence-electron chi connectivity index (χ3n) is 2.93. The van der Waals surface area contributed by atoms with Gasteiger partial charge in [-0.15, -0.1) is 4.83 Å². The maximum absolute atomic E-state index is 12.2. The molecule has 6 nitrogen and oxygen atoms in total. The van der Waals surface area contributed by atoms with Gasteiger partial charge in [0.05, 0.1) is 10.6 Å². The van der Waals surface area contributed by atoms with Crippen molar-refractivity contribution < 1.29 is 13.2 Å². The highest BCUT2D eigenvalue weighted by Gasteiger charge is 2.13. The summed E-state index contributed by atoms with van der Waals surface area (Å²) in [7, 11) is -3.71. The second-order valence-electron chi connectivity index (χ2n) is 4.79. The van der Waals surface area contributed by atoms with E-state index in [-0.39, 0.29) is 10.8 Å². The first kappa shape index (κ1) is 17.3. The Morgan fingerprint density at radius 3 is 2.43 bits per heavy atom. The van der Waals surface area contributed by atoms with E-state index in [2.05, 4.69) is 15.6 Å². The number of hydrazine groups is 1. The molecule has 0 unspecified atom stereocenters. The van der Waals surface area contributed by atoms with E-state index in [0.29, 0.717) is 17.3 Å². The standard InChI is InChI=1S/C15H16ClN3O3S/c1-11(20)17-10-12-5-7-15(8-6-12)23(21,22)19-18-14-4-2-3-13(16)9-14/h2-9,18-19H,10H2,1H3,(H,17,20). The van der Waals surface area contributed by atoms with Gasteiger partial charge in [-0.05, 0) is 35.9 Å². The van der Waals surface area contributed by atoms with E-state index in [9.17, 15) is 13.2 Å². The van der Waals surface area contributed by atoms with Gasteiger partial charge in [0.15, 0.2) is 0 Å². The molecule has 0 aliphatic carbocycles. The summed E-state index contributed by atoms with van der Waals surface area (Å²) < 4.78 is 24.4. The predicted molar refractivity (Wildman–Crippen MR) is 89.4 cm³/mol. The number of benzene rings is 2. The molecule has 122 valence electrons. The fourth-order valence-corrected chi connectivity index (χ4v) is 2.82. The molecule has 0 aliphatic rings. The van der Waals surface area contributed by atoms with E-state index >= 15 is 0 Å². The molecule has 0 atom stereocenters. The molecule has 0 bridgehead atoms. The van der Waals surface area contributed by atoms with E-state index in [1.54, 1.807) is 36.4 Å². The van der Waals surface area contributed by atoms with Gasteiger partial charge in [0.2, 0.25) is 5.91 Å². The maximum atomic E-state index is 12.2. The zero-order valence-electron chi connectivity index (χ0n) is 12.3. The Hall–Kier alpha value is -2.09. The van der Waals surface area contributed by atoms with Gasteiger partial charge in [-0.2, -0.15) is 0 Å². The number of nitrogens with one attached hydrogen (secondary N) is 3. The number of hydrogen-bond donors (Lipinski definition) is 3. The summed E-state index contributed by atoms with van der Waals surface area (Å²) in [5, 5.41) is 3.14. The Bertz CT molecular complexity index is 792. The highest BCUT2D eigenvalue weighted by atomic mass is 35.5. The summed E-state index contributed by atoms with van der Waals surface area (Å²) in [4.78, 5) is 13.2. The molecule has 2 aromatic rings. The van der Waals surface area contributed by atoms with Crippen LogP contribution in [-0.4, -0.2) is 14.3 Å². The average Bonchev–Trinajstić information content (AvgIpc) is 2.52. The smallest absolute Gasteiger partial charge is 0.257 e. The van der Waals surface area contributed by atoms with Crippen molar-refractivity contribution in [3.05, 3.63) is 59.1 Å². The first-order valence-corrected chi connectivity index (χ1v) is 8.60. The van der Waals surface area contributed by atoms with Crippen LogP contribution in [0.2, 0.25) is 5.02 Å². The molecule has 0 saturated carbocycles. The topological polar surface area (TPSA) is 87.3 Å². The molecule has 1 amide bonds. The number of anilines is 1. The summed E-state index contributed by atoms with van der Waals surface area (Å²) >= 11 is 5.83. The lowest BCUT2D eigenvalue weighted by Crippen LogP contribution is -2.29. The Morgan fingerprint density at radius 1 is 1.13 bits per heavy atom. The monoisotopic (exact) mass is 353 g/mol. The number of sulfonamides is 1. The fraction of sp³-hybridized carbons (Fsp3) is 0.133. The van der Waals surface area contributed by atoms with Gasteiger partial charge in [0.1, 0.15) is 0 Å². The van der Waals surface area contributed by atoms with Gasteiger partial charge in [0, 0.05) is 18.5 Å². The Labute approximate surface area is 139 Å². The summed E-state index contributed by atoms with van der Waals surface area (Å²) in [6, 6.07) is 12.9. The van der Waals surface area contributed by atoms with Crippen molar-refractivity contribution in [2.45, 2.75) is 18.4 Å². The van der Waals surface area contributed by atoms with E-state index < -0.39 is 10.0 Å². The Balaban J connectivity index is 2.03. The molecule has 23 heavy (non-hydrogen) atoms. The number of carbonyl (C=O) groups is 1. The van der Waals surface area contributed by atoms with Crippen LogP contribution in [0.25, 0.3) is 0 Å². The first-order chi connectivity index (χ1) is 10.9. The van der Waals surface area contributed by atoms with Crippen molar-refractivity contribution in [2.75, 3.05) is 5.43 Å². The van der Waals surface area contributed by atoms with E-state index in [1.165, 1.54) is 19.1 Å². The average molecular weight is 354 g/mol. The molecule has 0 aliphatic heterocycles. The second kappa shape index (κ2) is 7.45. The summed E-state index contributed by atoms with van der Waals surface area (Å²) in [5.41, 5.74) is 3.94.